The van der Waals surface area contributed by atoms with Crippen LogP contribution < -0.4 is 5.32 Å². The number of alkyl halides is 3. The Balaban J connectivity index is 1.70. The molecular weight excluding hydrogens is 311 g/mol. The SMILES string of the molecule is CN1CCc2c(NC(=O)N3CC(C(F)(F)F)C3)cccc2C1=O. The number of fused-ring (bicyclic) bond motifs is 1. The quantitative estimate of drug-likeness (QED) is 0.861. The van der Waals surface area contributed by atoms with Crippen LogP contribution >= 0.6 is 0 Å². The van der Waals surface area contributed by atoms with E-state index in [2.05, 4.69) is 5.32 Å². The monoisotopic (exact) mass is 327 g/mol. The normalized spacial score (nSPS) is 18.5. The molecule has 0 radical (unpaired) electrons. The van der Waals surface area contributed by atoms with Crippen LogP contribution in [0.4, 0.5) is 23.7 Å². The van der Waals surface area contributed by atoms with Gasteiger partial charge < -0.3 is 15.1 Å². The molecule has 2 aliphatic rings. The van der Waals surface area contributed by atoms with Gasteiger partial charge in [-0.1, -0.05) is 6.07 Å². The molecule has 1 aromatic rings. The summed E-state index contributed by atoms with van der Waals surface area (Å²) in [4.78, 5) is 26.9. The number of hydrogen-bond acceptors (Lipinski definition) is 2. The lowest BCUT2D eigenvalue weighted by Gasteiger charge is -2.40. The van der Waals surface area contributed by atoms with Crippen molar-refractivity contribution in [1.82, 2.24) is 9.80 Å². The molecule has 2 aliphatic heterocycles. The fourth-order valence-corrected chi connectivity index (χ4v) is 2.81. The zero-order valence-corrected chi connectivity index (χ0v) is 12.5. The number of carbonyl (C=O) groups is 2. The lowest BCUT2D eigenvalue weighted by Crippen LogP contribution is -2.56. The zero-order valence-electron chi connectivity index (χ0n) is 12.5. The Bertz CT molecular complexity index is 654. The second kappa shape index (κ2) is 5.43. The molecule has 0 aliphatic carbocycles. The van der Waals surface area contributed by atoms with Gasteiger partial charge in [0.25, 0.3) is 5.91 Å². The highest BCUT2D eigenvalue weighted by atomic mass is 19.4. The average Bonchev–Trinajstić information content (AvgIpc) is 2.40. The maximum absolute atomic E-state index is 12.5. The van der Waals surface area contributed by atoms with Crippen molar-refractivity contribution in [2.75, 3.05) is 32.0 Å². The minimum absolute atomic E-state index is 0.122. The lowest BCUT2D eigenvalue weighted by atomic mass is 9.97. The molecule has 0 spiro atoms. The van der Waals surface area contributed by atoms with Gasteiger partial charge in [0.1, 0.15) is 0 Å². The van der Waals surface area contributed by atoms with Crippen molar-refractivity contribution in [3.63, 3.8) is 0 Å². The molecule has 0 saturated carbocycles. The van der Waals surface area contributed by atoms with Gasteiger partial charge in [-0.05, 0) is 24.1 Å². The molecule has 3 rings (SSSR count). The number of nitrogens with zero attached hydrogens (tertiary/aromatic N) is 2. The van der Waals surface area contributed by atoms with Gasteiger partial charge in [0.2, 0.25) is 0 Å². The van der Waals surface area contributed by atoms with Crippen molar-refractivity contribution in [2.45, 2.75) is 12.6 Å². The number of halogens is 3. The predicted octanol–water partition coefficient (Wildman–Crippen LogP) is 2.34. The number of amides is 3. The number of hydrogen-bond donors (Lipinski definition) is 1. The van der Waals surface area contributed by atoms with Crippen LogP contribution in [0, 0.1) is 5.92 Å². The summed E-state index contributed by atoms with van der Waals surface area (Å²) in [7, 11) is 1.70. The summed E-state index contributed by atoms with van der Waals surface area (Å²) >= 11 is 0. The van der Waals surface area contributed by atoms with E-state index in [1.807, 2.05) is 0 Å². The van der Waals surface area contributed by atoms with Crippen molar-refractivity contribution < 1.29 is 22.8 Å². The molecule has 3 amide bonds. The summed E-state index contributed by atoms with van der Waals surface area (Å²) in [6.07, 6.45) is -3.67. The Morgan fingerprint density at radius 3 is 2.65 bits per heavy atom. The summed E-state index contributed by atoms with van der Waals surface area (Å²) in [6.45, 7) is -0.114. The summed E-state index contributed by atoms with van der Waals surface area (Å²) in [5, 5.41) is 2.63. The standard InChI is InChI=1S/C15H16F3N3O2/c1-20-6-5-10-11(13(20)22)3-2-4-12(10)19-14(23)21-7-9(8-21)15(16,17)18/h2-4,9H,5-8H2,1H3,(H,19,23). The lowest BCUT2D eigenvalue weighted by molar-refractivity contribution is -0.201. The fraction of sp³-hybridized carbons (Fsp3) is 0.467. The van der Waals surface area contributed by atoms with E-state index >= 15 is 0 Å². The first-order valence-corrected chi connectivity index (χ1v) is 7.27. The van der Waals surface area contributed by atoms with Gasteiger partial charge in [0.15, 0.2) is 0 Å². The molecule has 1 aromatic carbocycles. The van der Waals surface area contributed by atoms with E-state index in [-0.39, 0.29) is 19.0 Å². The Morgan fingerprint density at radius 2 is 2.00 bits per heavy atom. The van der Waals surface area contributed by atoms with Crippen LogP contribution in [0.25, 0.3) is 0 Å². The topological polar surface area (TPSA) is 52.7 Å². The number of likely N-dealkylation sites (N-methyl/N-ethyl adjacent to an activating group) is 1. The molecular formula is C15H16F3N3O2. The van der Waals surface area contributed by atoms with Crippen LogP contribution in [0.5, 0.6) is 0 Å². The van der Waals surface area contributed by atoms with Crippen molar-refractivity contribution in [2.24, 2.45) is 5.92 Å². The van der Waals surface area contributed by atoms with Gasteiger partial charge in [-0.15, -0.1) is 0 Å². The van der Waals surface area contributed by atoms with Gasteiger partial charge in [0.05, 0.1) is 5.92 Å². The first kappa shape index (κ1) is 15.6. The second-order valence-electron chi connectivity index (χ2n) is 5.88. The number of nitrogens with one attached hydrogen (secondary N) is 1. The third-order valence-electron chi connectivity index (χ3n) is 4.32. The number of benzene rings is 1. The Kier molecular flexibility index (Phi) is 3.69. The fourth-order valence-electron chi connectivity index (χ4n) is 2.81. The van der Waals surface area contributed by atoms with Gasteiger partial charge in [-0.25, -0.2) is 4.79 Å². The van der Waals surface area contributed by atoms with Crippen LogP contribution in [-0.4, -0.2) is 54.6 Å². The van der Waals surface area contributed by atoms with Crippen LogP contribution in [0.2, 0.25) is 0 Å². The molecule has 0 aromatic heterocycles. The number of carbonyl (C=O) groups excluding carboxylic acids is 2. The highest BCUT2D eigenvalue weighted by molar-refractivity contribution is 6.00. The third kappa shape index (κ3) is 2.85. The molecule has 124 valence electrons. The minimum atomic E-state index is -4.26. The van der Waals surface area contributed by atoms with E-state index < -0.39 is 18.1 Å². The van der Waals surface area contributed by atoms with E-state index in [0.717, 1.165) is 10.5 Å². The Hall–Kier alpha value is -2.25. The van der Waals surface area contributed by atoms with Crippen LogP contribution in [0.1, 0.15) is 15.9 Å². The van der Waals surface area contributed by atoms with Gasteiger partial charge in [-0.2, -0.15) is 13.2 Å². The Labute approximate surface area is 131 Å². The molecule has 0 atom stereocenters. The average molecular weight is 327 g/mol. The van der Waals surface area contributed by atoms with Crippen molar-refractivity contribution in [3.8, 4) is 0 Å². The Morgan fingerprint density at radius 1 is 1.30 bits per heavy atom. The van der Waals surface area contributed by atoms with Crippen molar-refractivity contribution >= 4 is 17.6 Å². The second-order valence-corrected chi connectivity index (χ2v) is 5.88. The first-order chi connectivity index (χ1) is 10.8. The molecule has 5 nitrogen and oxygen atoms in total. The van der Waals surface area contributed by atoms with E-state index in [1.165, 1.54) is 0 Å². The maximum atomic E-state index is 12.5. The highest BCUT2D eigenvalue weighted by Crippen LogP contribution is 2.34. The molecule has 23 heavy (non-hydrogen) atoms. The van der Waals surface area contributed by atoms with Crippen LogP contribution in [0.15, 0.2) is 18.2 Å². The number of anilines is 1. The van der Waals surface area contributed by atoms with Gasteiger partial charge in [0, 0.05) is 37.9 Å². The smallest absolute Gasteiger partial charge is 0.341 e. The molecule has 0 unspecified atom stereocenters. The predicted molar refractivity (Wildman–Crippen MR) is 77.2 cm³/mol. The van der Waals surface area contributed by atoms with Crippen molar-refractivity contribution in [1.29, 1.82) is 0 Å². The summed E-state index contributed by atoms with van der Waals surface area (Å²) in [6, 6.07) is 4.44. The zero-order chi connectivity index (χ0) is 16.8. The van der Waals surface area contributed by atoms with E-state index in [0.29, 0.717) is 24.2 Å². The molecule has 0 bridgehead atoms. The van der Waals surface area contributed by atoms with Crippen molar-refractivity contribution in [3.05, 3.63) is 29.3 Å². The number of urea groups is 1. The maximum Gasteiger partial charge on any atom is 0.395 e. The summed E-state index contributed by atoms with van der Waals surface area (Å²) in [5.74, 6) is -1.57. The van der Waals surface area contributed by atoms with E-state index in [9.17, 15) is 22.8 Å². The molecule has 1 fully saturated rings. The molecule has 1 saturated heterocycles. The first-order valence-electron chi connectivity index (χ1n) is 7.27. The van der Waals surface area contributed by atoms with Gasteiger partial charge >= 0.3 is 12.2 Å². The molecule has 2 heterocycles. The largest absolute Gasteiger partial charge is 0.395 e. The minimum Gasteiger partial charge on any atom is -0.341 e. The summed E-state index contributed by atoms with van der Waals surface area (Å²) < 4.78 is 37.4. The number of rotatable bonds is 1. The number of likely N-dealkylation sites (tertiary alicyclic amines) is 1. The molecule has 1 N–H and O–H groups in total. The highest BCUT2D eigenvalue weighted by Gasteiger charge is 2.48. The third-order valence-corrected chi connectivity index (χ3v) is 4.32. The molecule has 8 heteroatoms. The summed E-state index contributed by atoms with van der Waals surface area (Å²) in [5.41, 5.74) is 1.74. The van der Waals surface area contributed by atoms with E-state index in [1.54, 1.807) is 30.1 Å². The van der Waals surface area contributed by atoms with Crippen LogP contribution in [-0.2, 0) is 6.42 Å². The van der Waals surface area contributed by atoms with Gasteiger partial charge in [-0.3, -0.25) is 4.79 Å². The van der Waals surface area contributed by atoms with Crippen LogP contribution in [0.3, 0.4) is 0 Å². The van der Waals surface area contributed by atoms with E-state index in [4.69, 9.17) is 0 Å².